The van der Waals surface area contributed by atoms with Gasteiger partial charge in [-0.25, -0.2) is 4.72 Å². The molecule has 0 radical (unpaired) electrons. The van der Waals surface area contributed by atoms with Crippen LogP contribution in [0, 0.1) is 5.92 Å². The maximum atomic E-state index is 11.9. The summed E-state index contributed by atoms with van der Waals surface area (Å²) < 4.78 is 27.3. The van der Waals surface area contributed by atoms with Crippen LogP contribution in [-0.4, -0.2) is 31.7 Å². The normalized spacial score (nSPS) is 22.8. The van der Waals surface area contributed by atoms with Gasteiger partial charge in [0.15, 0.2) is 0 Å². The number of rotatable bonds is 4. The van der Waals surface area contributed by atoms with Gasteiger partial charge in [-0.1, -0.05) is 12.0 Å². The molecule has 1 saturated heterocycles. The van der Waals surface area contributed by atoms with E-state index >= 15 is 0 Å². The Morgan fingerprint density at radius 2 is 1.83 bits per heavy atom. The highest BCUT2D eigenvalue weighted by Crippen LogP contribution is 2.35. The lowest BCUT2D eigenvalue weighted by molar-refractivity contribution is -0.115. The summed E-state index contributed by atoms with van der Waals surface area (Å²) in [4.78, 5) is 11.7. The minimum Gasteiger partial charge on any atom is -0.269 e. The van der Waals surface area contributed by atoms with E-state index in [2.05, 4.69) is 4.72 Å². The van der Waals surface area contributed by atoms with Crippen LogP contribution in [0.4, 0.5) is 0 Å². The third-order valence-corrected chi connectivity index (χ3v) is 4.97. The molecule has 1 aliphatic carbocycles. The third-order valence-electron chi connectivity index (χ3n) is 3.46. The molecule has 2 rings (SSSR count). The highest BCUT2D eigenvalue weighted by molar-refractivity contribution is 7.87. The van der Waals surface area contributed by atoms with Crippen LogP contribution < -0.4 is 4.72 Å². The van der Waals surface area contributed by atoms with E-state index in [4.69, 9.17) is 0 Å². The topological polar surface area (TPSA) is 66.5 Å². The van der Waals surface area contributed by atoms with Crippen LogP contribution >= 0.6 is 0 Å². The molecular weight excluding hydrogens is 252 g/mol. The van der Waals surface area contributed by atoms with Gasteiger partial charge in [-0.15, -0.1) is 0 Å². The molecule has 1 saturated carbocycles. The summed E-state index contributed by atoms with van der Waals surface area (Å²) in [5.74, 6) is -0.0431. The molecule has 0 atom stereocenters. The summed E-state index contributed by atoms with van der Waals surface area (Å²) in [6.07, 6.45) is 6.42. The highest BCUT2D eigenvalue weighted by Gasteiger charge is 2.27. The van der Waals surface area contributed by atoms with Crippen molar-refractivity contribution in [2.45, 2.75) is 39.0 Å². The van der Waals surface area contributed by atoms with E-state index in [1.54, 1.807) is 0 Å². The lowest BCUT2D eigenvalue weighted by atomic mass is 10.2. The van der Waals surface area contributed by atoms with E-state index in [0.717, 1.165) is 37.7 Å². The second-order valence-electron chi connectivity index (χ2n) is 5.09. The van der Waals surface area contributed by atoms with Crippen LogP contribution in [0.15, 0.2) is 11.6 Å². The molecule has 0 aromatic rings. The van der Waals surface area contributed by atoms with Gasteiger partial charge in [0, 0.05) is 19.2 Å². The van der Waals surface area contributed by atoms with Crippen LogP contribution in [0.5, 0.6) is 0 Å². The number of nitrogens with one attached hydrogen (secondary N) is 1. The number of nitrogens with zero attached hydrogens (tertiary/aromatic N) is 1. The lowest BCUT2D eigenvalue weighted by Crippen LogP contribution is -2.45. The van der Waals surface area contributed by atoms with Gasteiger partial charge in [0.2, 0.25) is 0 Å². The van der Waals surface area contributed by atoms with Gasteiger partial charge in [-0.3, -0.25) is 4.79 Å². The molecule has 1 N–H and O–H groups in total. The monoisotopic (exact) mass is 272 g/mol. The minimum atomic E-state index is -3.64. The van der Waals surface area contributed by atoms with Gasteiger partial charge in [-0.2, -0.15) is 12.7 Å². The Balaban J connectivity index is 1.94. The van der Waals surface area contributed by atoms with Crippen molar-refractivity contribution >= 4 is 16.1 Å². The first kappa shape index (κ1) is 13.5. The number of amides is 1. The molecular formula is C12H20N2O3S. The van der Waals surface area contributed by atoms with Crippen LogP contribution in [0.2, 0.25) is 0 Å². The molecule has 6 heteroatoms. The highest BCUT2D eigenvalue weighted by atomic mass is 32.2. The standard InChI is InChI=1S/C12H20N2O3S/c1-10(11-5-6-11)9-12(15)13-18(16,17)14-7-3-2-4-8-14/h9,11H,2-8H2,1H3,(H,13,15). The number of carbonyl (C=O) groups excluding carboxylic acids is 1. The van der Waals surface area contributed by atoms with Crippen molar-refractivity contribution in [1.29, 1.82) is 0 Å². The molecule has 2 aliphatic rings. The van der Waals surface area contributed by atoms with Gasteiger partial charge in [0.25, 0.3) is 5.91 Å². The summed E-state index contributed by atoms with van der Waals surface area (Å²) in [6.45, 7) is 2.90. The Bertz CT molecular complexity index is 446. The third kappa shape index (κ3) is 3.55. The molecule has 18 heavy (non-hydrogen) atoms. The Labute approximate surface area is 108 Å². The number of piperidine rings is 1. The molecule has 1 amide bonds. The molecule has 5 nitrogen and oxygen atoms in total. The Hall–Kier alpha value is -0.880. The summed E-state index contributed by atoms with van der Waals surface area (Å²) in [7, 11) is -3.64. The molecule has 2 fully saturated rings. The largest absolute Gasteiger partial charge is 0.304 e. The van der Waals surface area contributed by atoms with E-state index in [-0.39, 0.29) is 0 Å². The van der Waals surface area contributed by atoms with E-state index in [9.17, 15) is 13.2 Å². The van der Waals surface area contributed by atoms with Gasteiger partial charge in [0.05, 0.1) is 0 Å². The first-order chi connectivity index (χ1) is 8.49. The van der Waals surface area contributed by atoms with E-state index in [0.29, 0.717) is 19.0 Å². The number of hydrogen-bond donors (Lipinski definition) is 1. The second kappa shape index (κ2) is 5.40. The summed E-state index contributed by atoms with van der Waals surface area (Å²) in [5, 5.41) is 0. The summed E-state index contributed by atoms with van der Waals surface area (Å²) in [6, 6.07) is 0. The van der Waals surface area contributed by atoms with Crippen molar-refractivity contribution < 1.29 is 13.2 Å². The quantitative estimate of drug-likeness (QED) is 0.782. The van der Waals surface area contributed by atoms with Gasteiger partial charge < -0.3 is 0 Å². The first-order valence-electron chi connectivity index (χ1n) is 6.49. The fourth-order valence-corrected chi connectivity index (χ4v) is 3.37. The zero-order chi connectivity index (χ0) is 13.2. The maximum Gasteiger partial charge on any atom is 0.304 e. The average Bonchev–Trinajstić information content (AvgIpc) is 3.13. The molecule has 0 spiro atoms. The predicted octanol–water partition coefficient (Wildman–Crippen LogP) is 1.19. The number of hydrogen-bond acceptors (Lipinski definition) is 3. The van der Waals surface area contributed by atoms with E-state index in [1.807, 2.05) is 6.92 Å². The van der Waals surface area contributed by atoms with Crippen LogP contribution in [0.25, 0.3) is 0 Å². The molecule has 1 aliphatic heterocycles. The molecule has 102 valence electrons. The molecule has 0 aromatic heterocycles. The van der Waals surface area contributed by atoms with Gasteiger partial charge in [0.1, 0.15) is 0 Å². The average molecular weight is 272 g/mol. The number of allylic oxidation sites excluding steroid dienone is 1. The zero-order valence-corrected chi connectivity index (χ0v) is 11.5. The fourth-order valence-electron chi connectivity index (χ4n) is 2.19. The molecule has 0 aromatic carbocycles. The van der Waals surface area contributed by atoms with Gasteiger partial charge >= 0.3 is 10.2 Å². The number of carbonyl (C=O) groups is 1. The SMILES string of the molecule is CC(=CC(=O)NS(=O)(=O)N1CCCCC1)C1CC1. The molecule has 0 bridgehead atoms. The van der Waals surface area contributed by atoms with E-state index in [1.165, 1.54) is 10.4 Å². The van der Waals surface area contributed by atoms with Crippen molar-refractivity contribution in [3.8, 4) is 0 Å². The predicted molar refractivity (Wildman–Crippen MR) is 69.0 cm³/mol. The second-order valence-corrected chi connectivity index (χ2v) is 6.76. The van der Waals surface area contributed by atoms with Crippen LogP contribution in [-0.2, 0) is 15.0 Å². The van der Waals surface area contributed by atoms with Crippen molar-refractivity contribution in [2.75, 3.05) is 13.1 Å². The lowest BCUT2D eigenvalue weighted by Gasteiger charge is -2.25. The zero-order valence-electron chi connectivity index (χ0n) is 10.7. The Morgan fingerprint density at radius 1 is 1.22 bits per heavy atom. The van der Waals surface area contributed by atoms with Crippen molar-refractivity contribution in [2.24, 2.45) is 5.92 Å². The molecule has 1 heterocycles. The Kier molecular flexibility index (Phi) is 4.07. The Morgan fingerprint density at radius 3 is 2.39 bits per heavy atom. The fraction of sp³-hybridized carbons (Fsp3) is 0.750. The van der Waals surface area contributed by atoms with Crippen LogP contribution in [0.1, 0.15) is 39.0 Å². The van der Waals surface area contributed by atoms with Crippen molar-refractivity contribution in [3.05, 3.63) is 11.6 Å². The van der Waals surface area contributed by atoms with Crippen molar-refractivity contribution in [1.82, 2.24) is 9.03 Å². The minimum absolute atomic E-state index is 0.480. The van der Waals surface area contributed by atoms with Gasteiger partial charge in [-0.05, 0) is 38.5 Å². The van der Waals surface area contributed by atoms with Crippen molar-refractivity contribution in [3.63, 3.8) is 0 Å². The summed E-state index contributed by atoms with van der Waals surface area (Å²) in [5.41, 5.74) is 0.973. The summed E-state index contributed by atoms with van der Waals surface area (Å²) >= 11 is 0. The smallest absolute Gasteiger partial charge is 0.269 e. The molecule has 0 unspecified atom stereocenters. The maximum absolute atomic E-state index is 11.9. The van der Waals surface area contributed by atoms with Crippen LogP contribution in [0.3, 0.4) is 0 Å². The first-order valence-corrected chi connectivity index (χ1v) is 7.93. The van der Waals surface area contributed by atoms with E-state index < -0.39 is 16.1 Å².